The number of fused-ring (bicyclic) bond motifs is 1. The molecule has 1 heterocycles. The van der Waals surface area contributed by atoms with Crippen LogP contribution in [0.3, 0.4) is 0 Å². The summed E-state index contributed by atoms with van der Waals surface area (Å²) in [6, 6.07) is 7.42. The number of ketones is 1. The third-order valence-electron chi connectivity index (χ3n) is 5.47. The molecule has 2 saturated carbocycles. The largest absolute Gasteiger partial charge is 0.497 e. The smallest absolute Gasteiger partial charge is 0.213 e. The van der Waals surface area contributed by atoms with Crippen LogP contribution in [0.25, 0.3) is 0 Å². The Morgan fingerprint density at radius 1 is 1.21 bits per heavy atom. The number of carbonyl (C=O) groups is 2. The first-order valence-electron chi connectivity index (χ1n) is 8.68. The highest BCUT2D eigenvalue weighted by Gasteiger charge is 2.37. The first-order chi connectivity index (χ1) is 11.7. The fourth-order valence-electron chi connectivity index (χ4n) is 3.57. The molecule has 1 aliphatic heterocycles. The maximum Gasteiger partial charge on any atom is 0.213 e. The van der Waals surface area contributed by atoms with Gasteiger partial charge in [0.2, 0.25) is 5.78 Å². The van der Waals surface area contributed by atoms with Gasteiger partial charge in [0.1, 0.15) is 5.75 Å². The summed E-state index contributed by atoms with van der Waals surface area (Å²) in [5.41, 5.74) is 1.14. The average molecular weight is 347 g/mol. The molecule has 0 spiro atoms. The molecule has 0 amide bonds. The third kappa shape index (κ3) is 4.01. The molecule has 3 fully saturated rings. The van der Waals surface area contributed by atoms with Crippen LogP contribution in [0.4, 0.5) is 0 Å². The van der Waals surface area contributed by atoms with Gasteiger partial charge in [0.05, 0.1) is 13.2 Å². The van der Waals surface area contributed by atoms with Crippen LogP contribution in [-0.2, 0) is 16.0 Å². The number of hydrogen-bond donors (Lipinski definition) is 1. The fraction of sp³-hybridized carbons (Fsp3) is 0.579. The highest BCUT2D eigenvalue weighted by atomic mass is 32.2. The number of methoxy groups -OCH3 is 1. The summed E-state index contributed by atoms with van der Waals surface area (Å²) in [5, 5.41) is 3.18. The summed E-state index contributed by atoms with van der Waals surface area (Å²) in [4.78, 5) is 22.0. The van der Waals surface area contributed by atoms with Gasteiger partial charge in [0, 0.05) is 11.1 Å². The molecule has 1 aromatic carbocycles. The summed E-state index contributed by atoms with van der Waals surface area (Å²) in [5.74, 6) is 3.59. The van der Waals surface area contributed by atoms with E-state index in [1.54, 1.807) is 44.6 Å². The highest BCUT2D eigenvalue weighted by molar-refractivity contribution is 8.00. The lowest BCUT2D eigenvalue weighted by Crippen LogP contribution is -2.39. The Kier molecular flexibility index (Phi) is 5.95. The molecule has 1 aromatic rings. The Labute approximate surface area is 147 Å². The highest BCUT2D eigenvalue weighted by Crippen LogP contribution is 2.49. The minimum Gasteiger partial charge on any atom is -0.497 e. The van der Waals surface area contributed by atoms with E-state index >= 15 is 0 Å². The van der Waals surface area contributed by atoms with Crippen molar-refractivity contribution in [1.82, 2.24) is 5.32 Å². The van der Waals surface area contributed by atoms with E-state index in [1.165, 1.54) is 11.8 Å². The number of carbonyl (C=O) groups excluding carboxylic acids is 2. The lowest BCUT2D eigenvalue weighted by Gasteiger charge is -2.46. The molecule has 130 valence electrons. The van der Waals surface area contributed by atoms with Gasteiger partial charge in [0.25, 0.3) is 0 Å². The van der Waals surface area contributed by atoms with E-state index in [0.29, 0.717) is 12.2 Å². The second-order valence-corrected chi connectivity index (χ2v) is 8.01. The molecule has 0 bridgehead atoms. The van der Waals surface area contributed by atoms with Crippen LogP contribution in [-0.4, -0.2) is 36.3 Å². The van der Waals surface area contributed by atoms with Crippen LogP contribution >= 0.6 is 11.8 Å². The summed E-state index contributed by atoms with van der Waals surface area (Å²) in [6.07, 6.45) is 7.42. The minimum atomic E-state index is -0.362. The van der Waals surface area contributed by atoms with E-state index in [4.69, 9.17) is 4.74 Å². The second-order valence-electron chi connectivity index (χ2n) is 6.78. The van der Waals surface area contributed by atoms with Crippen molar-refractivity contribution in [1.29, 1.82) is 0 Å². The van der Waals surface area contributed by atoms with Crippen molar-refractivity contribution in [2.75, 3.05) is 13.0 Å². The van der Waals surface area contributed by atoms with Gasteiger partial charge in [-0.25, -0.2) is 0 Å². The molecule has 2 unspecified atom stereocenters. The number of ether oxygens (including phenoxy) is 1. The summed E-state index contributed by atoms with van der Waals surface area (Å²) in [7, 11) is 1.63. The molecule has 1 N–H and O–H groups in total. The van der Waals surface area contributed by atoms with Crippen molar-refractivity contribution >= 4 is 23.8 Å². The fourth-order valence-corrected chi connectivity index (χ4v) is 4.79. The Bertz CT molecular complexity index is 556. The Morgan fingerprint density at radius 2 is 1.83 bits per heavy atom. The quantitative estimate of drug-likeness (QED) is 0.656. The Balaban J connectivity index is 0.000000231. The summed E-state index contributed by atoms with van der Waals surface area (Å²) >= 11 is 1.68. The van der Waals surface area contributed by atoms with Gasteiger partial charge in [0.15, 0.2) is 6.29 Å². The van der Waals surface area contributed by atoms with Crippen molar-refractivity contribution in [3.05, 3.63) is 29.8 Å². The van der Waals surface area contributed by atoms with Crippen molar-refractivity contribution in [3.8, 4) is 5.75 Å². The Morgan fingerprint density at radius 3 is 2.29 bits per heavy atom. The third-order valence-corrected chi connectivity index (χ3v) is 6.67. The molecule has 1 saturated heterocycles. The molecule has 5 heteroatoms. The maximum atomic E-state index is 11.5. The first kappa shape index (κ1) is 17.5. The van der Waals surface area contributed by atoms with Gasteiger partial charge in [-0.05, 0) is 61.6 Å². The molecular weight excluding hydrogens is 322 g/mol. The topological polar surface area (TPSA) is 55.4 Å². The Hall–Kier alpha value is -1.33. The number of hydrogen-bond acceptors (Lipinski definition) is 5. The van der Waals surface area contributed by atoms with Crippen LogP contribution < -0.4 is 10.1 Å². The van der Waals surface area contributed by atoms with Crippen LogP contribution in [0.5, 0.6) is 5.75 Å². The zero-order chi connectivity index (χ0) is 16.9. The molecule has 0 radical (unpaired) electrons. The van der Waals surface area contributed by atoms with Crippen LogP contribution in [0.15, 0.2) is 24.3 Å². The van der Waals surface area contributed by atoms with Crippen molar-refractivity contribution in [2.45, 2.75) is 43.4 Å². The van der Waals surface area contributed by atoms with Crippen LogP contribution in [0.1, 0.15) is 31.2 Å². The van der Waals surface area contributed by atoms with Crippen molar-refractivity contribution in [3.63, 3.8) is 0 Å². The number of Topliss-reactive ketones (excluding diaryl/α,β-unsaturated/α-hetero) is 1. The molecular formula is C19H25NO3S. The van der Waals surface area contributed by atoms with Crippen LogP contribution in [0, 0.1) is 11.8 Å². The predicted octanol–water partition coefficient (Wildman–Crippen LogP) is 2.84. The summed E-state index contributed by atoms with van der Waals surface area (Å²) in [6.45, 7) is 0. The zero-order valence-electron chi connectivity index (χ0n) is 14.1. The number of thioether (sulfide) groups is 1. The standard InChI is InChI=1S/C13H15NO3S.C6H10/c1-17-10-4-2-9(3-5-10)6-12-13(11(16)7-15)14-8-18-12;1-2-6-4-3-5(1)6/h2-5,7,12-14H,6,8H2,1H3;5-6H,1-4H2. The zero-order valence-corrected chi connectivity index (χ0v) is 14.9. The number of rotatable bonds is 5. The van der Waals surface area contributed by atoms with E-state index < -0.39 is 0 Å². The number of benzene rings is 1. The van der Waals surface area contributed by atoms with E-state index in [0.717, 1.165) is 17.7 Å². The number of nitrogens with one attached hydrogen (secondary N) is 1. The van der Waals surface area contributed by atoms with E-state index in [9.17, 15) is 9.59 Å². The molecule has 24 heavy (non-hydrogen) atoms. The van der Waals surface area contributed by atoms with Gasteiger partial charge in [-0.2, -0.15) is 0 Å². The minimum absolute atomic E-state index is 0.121. The normalized spacial score (nSPS) is 30.0. The predicted molar refractivity (Wildman–Crippen MR) is 96.4 cm³/mol. The first-order valence-corrected chi connectivity index (χ1v) is 9.73. The molecule has 2 aliphatic carbocycles. The summed E-state index contributed by atoms with van der Waals surface area (Å²) < 4.78 is 5.10. The second kappa shape index (κ2) is 8.17. The van der Waals surface area contributed by atoms with Gasteiger partial charge in [-0.1, -0.05) is 12.1 Å². The monoisotopic (exact) mass is 347 g/mol. The SMILES string of the molecule is C1CC2CCC12.COc1ccc(CC2SCNC2C(=O)C=O)cc1. The van der Waals surface area contributed by atoms with Gasteiger partial charge < -0.3 is 4.74 Å². The molecule has 4 rings (SSSR count). The molecule has 4 nitrogen and oxygen atoms in total. The molecule has 2 atom stereocenters. The van der Waals surface area contributed by atoms with Gasteiger partial charge >= 0.3 is 0 Å². The average Bonchev–Trinajstić information content (AvgIpc) is 3.06. The molecule has 3 aliphatic rings. The van der Waals surface area contributed by atoms with Crippen molar-refractivity contribution < 1.29 is 14.3 Å². The van der Waals surface area contributed by atoms with E-state index in [-0.39, 0.29) is 17.1 Å². The van der Waals surface area contributed by atoms with E-state index in [2.05, 4.69) is 5.32 Å². The van der Waals surface area contributed by atoms with Crippen molar-refractivity contribution in [2.24, 2.45) is 11.8 Å². The lowest BCUT2D eigenvalue weighted by atomic mass is 9.60. The maximum absolute atomic E-state index is 11.5. The van der Waals surface area contributed by atoms with Gasteiger partial charge in [-0.15, -0.1) is 11.8 Å². The number of aldehydes is 1. The van der Waals surface area contributed by atoms with Crippen LogP contribution in [0.2, 0.25) is 0 Å². The van der Waals surface area contributed by atoms with E-state index in [1.807, 2.05) is 24.3 Å². The van der Waals surface area contributed by atoms with Gasteiger partial charge in [-0.3, -0.25) is 14.9 Å². The lowest BCUT2D eigenvalue weighted by molar-refractivity contribution is -0.131. The molecule has 0 aromatic heterocycles.